The molecule has 2 aromatic carbocycles. The van der Waals surface area contributed by atoms with Gasteiger partial charge in [-0.25, -0.2) is 0 Å². The van der Waals surface area contributed by atoms with Crippen LogP contribution in [-0.4, -0.2) is 33.8 Å². The van der Waals surface area contributed by atoms with Crippen LogP contribution in [0.4, 0.5) is 11.6 Å². The van der Waals surface area contributed by atoms with Crippen LogP contribution in [0, 0.1) is 6.92 Å². The predicted octanol–water partition coefficient (Wildman–Crippen LogP) is 2.46. The van der Waals surface area contributed by atoms with E-state index in [1.54, 1.807) is 0 Å². The van der Waals surface area contributed by atoms with E-state index in [2.05, 4.69) is 27.6 Å². The fourth-order valence-corrected chi connectivity index (χ4v) is 3.45. The zero-order valence-electron chi connectivity index (χ0n) is 16.3. The summed E-state index contributed by atoms with van der Waals surface area (Å²) in [6, 6.07) is 18.1. The number of benzene rings is 2. The number of nitrogens with zero attached hydrogens (tertiary/aromatic N) is 4. The minimum absolute atomic E-state index is 0.154. The summed E-state index contributed by atoms with van der Waals surface area (Å²) in [6.07, 6.45) is 1.65. The van der Waals surface area contributed by atoms with Gasteiger partial charge >= 0.3 is 0 Å². The van der Waals surface area contributed by atoms with Crippen LogP contribution in [0.25, 0.3) is 0 Å². The molecule has 0 radical (unpaired) electrons. The number of carbonyl (C=O) groups excluding carboxylic acids is 1. The molecule has 3 aromatic rings. The van der Waals surface area contributed by atoms with Crippen LogP contribution in [0.2, 0.25) is 0 Å². The highest BCUT2D eigenvalue weighted by Crippen LogP contribution is 2.26. The number of fused-ring (bicyclic) bond motifs is 1. The van der Waals surface area contributed by atoms with Crippen molar-refractivity contribution in [2.75, 3.05) is 18.0 Å². The molecular weight excluding hydrogens is 366 g/mol. The molecule has 0 spiro atoms. The highest BCUT2D eigenvalue weighted by atomic mass is 16.2. The standard InChI is InChI=1S/C22H23N5O2/c1-16-9-11-18(12-10-16)26-14-15-27-21(29)19(24-25-22(26)27)20(28)23-13-5-8-17-6-3-2-4-7-17/h2-4,6-7,9-12H,5,8,13-15H2,1H3,(H,23,28). The monoisotopic (exact) mass is 389 g/mol. The van der Waals surface area contributed by atoms with E-state index < -0.39 is 11.5 Å². The second-order valence-electron chi connectivity index (χ2n) is 7.14. The van der Waals surface area contributed by atoms with Gasteiger partial charge in [0.15, 0.2) is 0 Å². The first kappa shape index (κ1) is 18.9. The average Bonchev–Trinajstić information content (AvgIpc) is 3.18. The third-order valence-electron chi connectivity index (χ3n) is 5.05. The van der Waals surface area contributed by atoms with Gasteiger partial charge in [-0.15, -0.1) is 10.2 Å². The van der Waals surface area contributed by atoms with E-state index in [1.807, 2.05) is 54.3 Å². The first-order valence-electron chi connectivity index (χ1n) is 9.77. The molecule has 0 saturated heterocycles. The van der Waals surface area contributed by atoms with Crippen molar-refractivity contribution < 1.29 is 4.79 Å². The lowest BCUT2D eigenvalue weighted by molar-refractivity contribution is 0.0944. The Balaban J connectivity index is 1.42. The Labute approximate surface area is 169 Å². The summed E-state index contributed by atoms with van der Waals surface area (Å²) in [5.41, 5.74) is 2.78. The maximum Gasteiger partial charge on any atom is 0.286 e. The number of carbonyl (C=O) groups is 1. The number of aryl methyl sites for hydroxylation is 2. The van der Waals surface area contributed by atoms with E-state index in [9.17, 15) is 9.59 Å². The van der Waals surface area contributed by atoms with Crippen molar-refractivity contribution in [1.82, 2.24) is 20.1 Å². The van der Waals surface area contributed by atoms with Gasteiger partial charge < -0.3 is 10.2 Å². The highest BCUT2D eigenvalue weighted by molar-refractivity contribution is 5.91. The molecule has 7 nitrogen and oxygen atoms in total. The summed E-state index contributed by atoms with van der Waals surface area (Å²) in [5, 5.41) is 10.9. The third kappa shape index (κ3) is 4.03. The van der Waals surface area contributed by atoms with Gasteiger partial charge in [-0.3, -0.25) is 14.2 Å². The molecule has 1 amide bonds. The summed E-state index contributed by atoms with van der Waals surface area (Å²) in [7, 11) is 0. The smallest absolute Gasteiger partial charge is 0.286 e. The van der Waals surface area contributed by atoms with Gasteiger partial charge in [0.05, 0.1) is 0 Å². The minimum atomic E-state index is -0.473. The molecule has 0 unspecified atom stereocenters. The topological polar surface area (TPSA) is 80.1 Å². The van der Waals surface area contributed by atoms with E-state index in [0.717, 1.165) is 24.1 Å². The Morgan fingerprint density at radius 1 is 1.03 bits per heavy atom. The van der Waals surface area contributed by atoms with Crippen molar-refractivity contribution >= 4 is 17.5 Å². The molecule has 0 saturated carbocycles. The highest BCUT2D eigenvalue weighted by Gasteiger charge is 2.27. The lowest BCUT2D eigenvalue weighted by Gasteiger charge is -2.16. The summed E-state index contributed by atoms with van der Waals surface area (Å²) in [4.78, 5) is 27.1. The molecule has 29 heavy (non-hydrogen) atoms. The fourth-order valence-electron chi connectivity index (χ4n) is 3.45. The Morgan fingerprint density at radius 2 is 1.79 bits per heavy atom. The number of nitrogens with one attached hydrogen (secondary N) is 1. The quantitative estimate of drug-likeness (QED) is 0.655. The molecular formula is C22H23N5O2. The van der Waals surface area contributed by atoms with Crippen LogP contribution in [0.1, 0.15) is 28.0 Å². The van der Waals surface area contributed by atoms with Crippen LogP contribution in [-0.2, 0) is 13.0 Å². The Kier molecular flexibility index (Phi) is 5.37. The Bertz CT molecular complexity index is 1060. The Morgan fingerprint density at radius 3 is 2.55 bits per heavy atom. The van der Waals surface area contributed by atoms with E-state index in [0.29, 0.717) is 25.6 Å². The zero-order chi connectivity index (χ0) is 20.2. The molecule has 0 atom stereocenters. The number of amides is 1. The van der Waals surface area contributed by atoms with Crippen LogP contribution < -0.4 is 15.8 Å². The third-order valence-corrected chi connectivity index (χ3v) is 5.05. The van der Waals surface area contributed by atoms with Crippen molar-refractivity contribution in [3.63, 3.8) is 0 Å². The molecule has 1 aliphatic heterocycles. The first-order chi connectivity index (χ1) is 14.1. The molecule has 1 N–H and O–H groups in total. The summed E-state index contributed by atoms with van der Waals surface area (Å²) < 4.78 is 1.52. The molecule has 0 bridgehead atoms. The maximum absolute atomic E-state index is 12.8. The van der Waals surface area contributed by atoms with Crippen molar-refractivity contribution in [1.29, 1.82) is 0 Å². The summed E-state index contributed by atoms with van der Waals surface area (Å²) >= 11 is 0. The van der Waals surface area contributed by atoms with Gasteiger partial charge in [-0.1, -0.05) is 48.0 Å². The molecule has 148 valence electrons. The first-order valence-corrected chi connectivity index (χ1v) is 9.77. The zero-order valence-corrected chi connectivity index (χ0v) is 16.3. The van der Waals surface area contributed by atoms with Crippen LogP contribution >= 0.6 is 0 Å². The van der Waals surface area contributed by atoms with Gasteiger partial charge in [0.25, 0.3) is 11.5 Å². The van der Waals surface area contributed by atoms with Crippen molar-refractivity contribution in [3.8, 4) is 0 Å². The molecule has 0 aliphatic carbocycles. The summed E-state index contributed by atoms with van der Waals surface area (Å²) in [6.45, 7) is 3.60. The largest absolute Gasteiger partial charge is 0.350 e. The van der Waals surface area contributed by atoms with Crippen molar-refractivity contribution in [3.05, 3.63) is 81.8 Å². The van der Waals surface area contributed by atoms with Gasteiger partial charge in [0.2, 0.25) is 11.6 Å². The van der Waals surface area contributed by atoms with Crippen molar-refractivity contribution in [2.45, 2.75) is 26.3 Å². The van der Waals surface area contributed by atoms with Crippen LogP contribution in [0.5, 0.6) is 0 Å². The Hall–Kier alpha value is -3.48. The number of hydrogen-bond donors (Lipinski definition) is 1. The second kappa shape index (κ2) is 8.26. The summed E-state index contributed by atoms with van der Waals surface area (Å²) in [5.74, 6) is -0.000807. The minimum Gasteiger partial charge on any atom is -0.350 e. The fraction of sp³-hybridized carbons (Fsp3) is 0.273. The van der Waals surface area contributed by atoms with Crippen molar-refractivity contribution in [2.24, 2.45) is 0 Å². The lowest BCUT2D eigenvalue weighted by atomic mass is 10.1. The lowest BCUT2D eigenvalue weighted by Crippen LogP contribution is -2.35. The second-order valence-corrected chi connectivity index (χ2v) is 7.14. The van der Waals surface area contributed by atoms with E-state index >= 15 is 0 Å². The van der Waals surface area contributed by atoms with Crippen LogP contribution in [0.15, 0.2) is 59.4 Å². The molecule has 2 heterocycles. The predicted molar refractivity (Wildman–Crippen MR) is 112 cm³/mol. The van der Waals surface area contributed by atoms with E-state index in [4.69, 9.17) is 0 Å². The number of hydrogen-bond acceptors (Lipinski definition) is 5. The van der Waals surface area contributed by atoms with Gasteiger partial charge in [-0.05, 0) is 37.5 Å². The molecule has 4 rings (SSSR count). The van der Waals surface area contributed by atoms with E-state index in [-0.39, 0.29) is 5.69 Å². The SMILES string of the molecule is Cc1ccc(N2CCn3c2nnc(C(=O)NCCCc2ccccc2)c3=O)cc1. The average molecular weight is 389 g/mol. The number of anilines is 2. The van der Waals surface area contributed by atoms with Gasteiger partial charge in [0.1, 0.15) is 0 Å². The maximum atomic E-state index is 12.8. The number of rotatable bonds is 6. The van der Waals surface area contributed by atoms with Gasteiger partial charge in [-0.2, -0.15) is 0 Å². The van der Waals surface area contributed by atoms with Crippen LogP contribution in [0.3, 0.4) is 0 Å². The normalized spacial score (nSPS) is 12.7. The molecule has 1 aromatic heterocycles. The number of aromatic nitrogens is 3. The van der Waals surface area contributed by atoms with E-state index in [1.165, 1.54) is 10.1 Å². The molecule has 0 fully saturated rings. The molecule has 1 aliphatic rings. The molecule has 7 heteroatoms. The van der Waals surface area contributed by atoms with Gasteiger partial charge in [0, 0.05) is 25.3 Å².